The summed E-state index contributed by atoms with van der Waals surface area (Å²) in [6.07, 6.45) is 3.88. The number of benzene rings is 2. The first-order chi connectivity index (χ1) is 16.5. The number of hydrogen-bond donors (Lipinski definition) is 2. The molecule has 2 N–H and O–H groups in total. The molecule has 0 bridgehead atoms. The lowest BCUT2D eigenvalue weighted by Crippen LogP contribution is -2.44. The van der Waals surface area contributed by atoms with Crippen molar-refractivity contribution in [1.29, 1.82) is 0 Å². The fraction of sp³-hybridized carbons (Fsp3) is 0.500. The summed E-state index contributed by atoms with van der Waals surface area (Å²) < 4.78 is 38.5. The summed E-state index contributed by atoms with van der Waals surface area (Å²) in [4.78, 5) is 13.5. The number of nitrogens with one attached hydrogen (secondary N) is 2. The number of hydrogen-bond acceptors (Lipinski definition) is 6. The molecule has 0 spiro atoms. The smallest absolute Gasteiger partial charge is 0.247 e. The molecule has 9 heteroatoms. The van der Waals surface area contributed by atoms with E-state index in [1.165, 1.54) is 0 Å². The molecular formula is C26H37N3O5S. The van der Waals surface area contributed by atoms with Gasteiger partial charge in [0.1, 0.15) is 6.04 Å². The largest absolute Gasteiger partial charge is 0.493 e. The molecule has 0 unspecified atom stereocenters. The summed E-state index contributed by atoms with van der Waals surface area (Å²) in [5.41, 5.74) is 0.882. The van der Waals surface area contributed by atoms with Gasteiger partial charge >= 0.3 is 0 Å². The van der Waals surface area contributed by atoms with Crippen molar-refractivity contribution >= 4 is 21.6 Å². The third-order valence-corrected chi connectivity index (χ3v) is 7.78. The fourth-order valence-corrected chi connectivity index (χ4v) is 5.61. The Bertz CT molecular complexity index is 1100. The molecule has 1 atom stereocenters. The number of sulfonamides is 1. The van der Waals surface area contributed by atoms with Gasteiger partial charge in [-0.05, 0) is 75.6 Å². The number of amides is 1. The molecule has 0 radical (unpaired) electrons. The van der Waals surface area contributed by atoms with Crippen molar-refractivity contribution in [1.82, 2.24) is 9.62 Å². The van der Waals surface area contributed by atoms with E-state index in [1.54, 1.807) is 61.0 Å². The maximum absolute atomic E-state index is 13.2. The average molecular weight is 504 g/mol. The first-order valence-electron chi connectivity index (χ1n) is 12.0. The van der Waals surface area contributed by atoms with Crippen molar-refractivity contribution in [3.05, 3.63) is 48.0 Å². The number of methoxy groups -OCH3 is 2. The minimum Gasteiger partial charge on any atom is -0.493 e. The maximum atomic E-state index is 13.2. The van der Waals surface area contributed by atoms with E-state index in [2.05, 4.69) is 10.6 Å². The first-order valence-corrected chi connectivity index (χ1v) is 13.4. The number of carbonyl (C=O) groups excluding carboxylic acids is 1. The van der Waals surface area contributed by atoms with Gasteiger partial charge in [0.25, 0.3) is 0 Å². The van der Waals surface area contributed by atoms with E-state index >= 15 is 0 Å². The van der Waals surface area contributed by atoms with Crippen LogP contribution in [-0.4, -0.2) is 51.5 Å². The monoisotopic (exact) mass is 503 g/mol. The summed E-state index contributed by atoms with van der Waals surface area (Å²) in [5, 5.41) is 6.27. The van der Waals surface area contributed by atoms with Crippen molar-refractivity contribution in [2.24, 2.45) is 0 Å². The van der Waals surface area contributed by atoms with Crippen molar-refractivity contribution in [2.75, 3.05) is 32.6 Å². The zero-order valence-electron chi connectivity index (χ0n) is 21.3. The van der Waals surface area contributed by atoms with Gasteiger partial charge in [0, 0.05) is 24.3 Å². The lowest BCUT2D eigenvalue weighted by Gasteiger charge is -2.27. The normalized spacial score (nSPS) is 16.1. The summed E-state index contributed by atoms with van der Waals surface area (Å²) in [7, 11) is -0.443. The molecule has 3 rings (SSSR count). The summed E-state index contributed by atoms with van der Waals surface area (Å²) in [5.74, 6) is 0.861. The van der Waals surface area contributed by atoms with Crippen molar-refractivity contribution in [3.63, 3.8) is 0 Å². The number of carbonyl (C=O) groups is 1. The van der Waals surface area contributed by atoms with Crippen LogP contribution in [0, 0.1) is 0 Å². The topological polar surface area (TPSA) is 97.0 Å². The Kier molecular flexibility index (Phi) is 8.66. The average Bonchev–Trinajstić information content (AvgIpc) is 3.11. The van der Waals surface area contributed by atoms with Gasteiger partial charge in [0.05, 0.1) is 19.1 Å². The molecule has 2 aromatic rings. The van der Waals surface area contributed by atoms with Crippen LogP contribution in [0.4, 0.5) is 5.69 Å². The number of ether oxygens (including phenoxy) is 2. The lowest BCUT2D eigenvalue weighted by atomic mass is 10.0. The zero-order valence-corrected chi connectivity index (χ0v) is 22.1. The van der Waals surface area contributed by atoms with Crippen LogP contribution in [0.25, 0.3) is 0 Å². The van der Waals surface area contributed by atoms with Gasteiger partial charge in [-0.1, -0.05) is 18.9 Å². The fourth-order valence-electron chi connectivity index (χ4n) is 4.10. The van der Waals surface area contributed by atoms with E-state index in [0.29, 0.717) is 35.8 Å². The van der Waals surface area contributed by atoms with Crippen LogP contribution in [0.15, 0.2) is 47.4 Å². The van der Waals surface area contributed by atoms with Crippen molar-refractivity contribution in [2.45, 2.75) is 62.9 Å². The molecule has 1 heterocycles. The molecule has 0 aromatic heterocycles. The van der Waals surface area contributed by atoms with E-state index in [1.807, 2.05) is 20.8 Å². The third kappa shape index (κ3) is 6.89. The zero-order chi connectivity index (χ0) is 25.6. The highest BCUT2D eigenvalue weighted by Crippen LogP contribution is 2.32. The Morgan fingerprint density at radius 1 is 0.914 bits per heavy atom. The van der Waals surface area contributed by atoms with Gasteiger partial charge in [-0.3, -0.25) is 4.79 Å². The third-order valence-electron chi connectivity index (χ3n) is 5.87. The van der Waals surface area contributed by atoms with Gasteiger partial charge in [-0.2, -0.15) is 4.31 Å². The van der Waals surface area contributed by atoms with Crippen molar-refractivity contribution < 1.29 is 22.7 Å². The van der Waals surface area contributed by atoms with Gasteiger partial charge in [-0.15, -0.1) is 0 Å². The predicted molar refractivity (Wildman–Crippen MR) is 137 cm³/mol. The molecular weight excluding hydrogens is 466 g/mol. The Labute approximate surface area is 209 Å². The molecule has 1 amide bonds. The number of nitrogens with zero attached hydrogens (tertiary/aromatic N) is 1. The van der Waals surface area contributed by atoms with E-state index in [4.69, 9.17) is 9.47 Å². The van der Waals surface area contributed by atoms with Crippen LogP contribution < -0.4 is 20.1 Å². The minimum absolute atomic E-state index is 0.217. The van der Waals surface area contributed by atoms with Crippen LogP contribution >= 0.6 is 0 Å². The minimum atomic E-state index is -3.54. The second-order valence-corrected chi connectivity index (χ2v) is 11.7. The molecule has 1 aliphatic rings. The van der Waals surface area contributed by atoms with E-state index < -0.39 is 21.6 Å². The standard InChI is InChI=1S/C26H37N3O5S/c1-26(2,3)28-25(30)24(19-10-15-22(33-4)23(18-19)34-5)27-20-11-13-21(14-12-20)35(31,32)29-16-8-6-7-9-17-29/h10-15,18,24,27H,6-9,16-17H2,1-5H3,(H,28,30)/t24-/m0/s1. The van der Waals surface area contributed by atoms with Crippen LogP contribution in [0.3, 0.4) is 0 Å². The molecule has 0 aliphatic carbocycles. The van der Waals surface area contributed by atoms with Gasteiger partial charge < -0.3 is 20.1 Å². The molecule has 2 aromatic carbocycles. The van der Waals surface area contributed by atoms with Crippen LogP contribution in [-0.2, 0) is 14.8 Å². The lowest BCUT2D eigenvalue weighted by molar-refractivity contribution is -0.123. The Balaban J connectivity index is 1.88. The van der Waals surface area contributed by atoms with E-state index in [0.717, 1.165) is 25.7 Å². The highest BCUT2D eigenvalue weighted by Gasteiger charge is 2.27. The van der Waals surface area contributed by atoms with Crippen LogP contribution in [0.1, 0.15) is 58.1 Å². The molecule has 192 valence electrons. The molecule has 8 nitrogen and oxygen atoms in total. The molecule has 1 fully saturated rings. The summed E-state index contributed by atoms with van der Waals surface area (Å²) in [6, 6.07) is 11.2. The van der Waals surface area contributed by atoms with Crippen molar-refractivity contribution in [3.8, 4) is 11.5 Å². The summed E-state index contributed by atoms with van der Waals surface area (Å²) in [6.45, 7) is 6.85. The van der Waals surface area contributed by atoms with Gasteiger partial charge in [0.15, 0.2) is 11.5 Å². The molecule has 1 aliphatic heterocycles. The van der Waals surface area contributed by atoms with Crippen LogP contribution in [0.2, 0.25) is 0 Å². The molecule has 0 saturated carbocycles. The number of rotatable bonds is 8. The number of anilines is 1. The van der Waals surface area contributed by atoms with Gasteiger partial charge in [0.2, 0.25) is 15.9 Å². The second-order valence-electron chi connectivity index (χ2n) is 9.77. The maximum Gasteiger partial charge on any atom is 0.247 e. The Morgan fingerprint density at radius 3 is 2.06 bits per heavy atom. The molecule has 35 heavy (non-hydrogen) atoms. The predicted octanol–water partition coefficient (Wildman–Crippen LogP) is 4.34. The highest BCUT2D eigenvalue weighted by molar-refractivity contribution is 7.89. The quantitative estimate of drug-likeness (QED) is 0.556. The second kappa shape index (κ2) is 11.3. The van der Waals surface area contributed by atoms with E-state index in [9.17, 15) is 13.2 Å². The molecule has 1 saturated heterocycles. The Morgan fingerprint density at radius 2 is 1.51 bits per heavy atom. The highest BCUT2D eigenvalue weighted by atomic mass is 32.2. The van der Waals surface area contributed by atoms with E-state index in [-0.39, 0.29) is 10.8 Å². The first kappa shape index (κ1) is 26.8. The van der Waals surface area contributed by atoms with Crippen LogP contribution in [0.5, 0.6) is 11.5 Å². The Hall–Kier alpha value is -2.78. The van der Waals surface area contributed by atoms with Gasteiger partial charge in [-0.25, -0.2) is 8.42 Å². The summed E-state index contributed by atoms with van der Waals surface area (Å²) >= 11 is 0. The SMILES string of the molecule is COc1ccc([C@H](Nc2ccc(S(=O)(=O)N3CCCCCC3)cc2)C(=O)NC(C)(C)C)cc1OC.